The molecule has 0 aromatic heterocycles. The average Bonchev–Trinajstić information content (AvgIpc) is 2.95. The molecule has 1 aliphatic rings. The summed E-state index contributed by atoms with van der Waals surface area (Å²) >= 11 is 0. The molecule has 1 aliphatic heterocycles. The predicted molar refractivity (Wildman–Crippen MR) is 54.7 cm³/mol. The first-order valence-corrected chi connectivity index (χ1v) is 4.82. The van der Waals surface area contributed by atoms with E-state index in [1.54, 1.807) is 0 Å². The summed E-state index contributed by atoms with van der Waals surface area (Å²) in [5.41, 5.74) is 0.336. The number of carbonyl (C=O) groups is 1. The van der Waals surface area contributed by atoms with E-state index in [4.69, 9.17) is 5.11 Å². The van der Waals surface area contributed by atoms with Gasteiger partial charge >= 0.3 is 5.97 Å². The van der Waals surface area contributed by atoms with Crippen LogP contribution in [0.5, 0.6) is 0 Å². The van der Waals surface area contributed by atoms with Crippen LogP contribution in [0.25, 0.3) is 0 Å². The molecule has 1 heterocycles. The largest absolute Gasteiger partial charge is 0.481 e. The van der Waals surface area contributed by atoms with Gasteiger partial charge in [0.25, 0.3) is 0 Å². The first kappa shape index (κ1) is 9.83. The molecule has 15 heavy (non-hydrogen) atoms. The number of benzene rings is 1. The Labute approximate surface area is 87.7 Å². The summed E-state index contributed by atoms with van der Waals surface area (Å²) in [5, 5.41) is 16.8. The second-order valence-corrected chi connectivity index (χ2v) is 3.92. The molecule has 0 spiro atoms. The fraction of sp³-hybridized carbons (Fsp3) is 0.364. The molecule has 0 fully saturated rings. The zero-order valence-electron chi connectivity index (χ0n) is 8.42. The van der Waals surface area contributed by atoms with E-state index in [-0.39, 0.29) is 0 Å². The summed E-state index contributed by atoms with van der Waals surface area (Å²) < 4.78 is 0. The molecule has 0 bridgehead atoms. The van der Waals surface area contributed by atoms with Crippen molar-refractivity contribution in [1.82, 2.24) is 0 Å². The van der Waals surface area contributed by atoms with Crippen LogP contribution in [0.1, 0.15) is 24.8 Å². The fourth-order valence-corrected chi connectivity index (χ4v) is 1.59. The lowest BCUT2D eigenvalue weighted by atomic mass is 9.91. The number of aliphatic carboxylic acids is 1. The van der Waals surface area contributed by atoms with Crippen molar-refractivity contribution >= 4 is 5.97 Å². The molecular weight excluding hydrogens is 192 g/mol. The van der Waals surface area contributed by atoms with Gasteiger partial charge in [0, 0.05) is 6.42 Å². The number of hydrogen-bond donors (Lipinski definition) is 1. The first-order valence-electron chi connectivity index (χ1n) is 4.82. The molecule has 1 atom stereocenters. The number of rotatable bonds is 4. The normalized spacial score (nSPS) is 18.5. The van der Waals surface area contributed by atoms with Crippen molar-refractivity contribution in [2.24, 2.45) is 10.2 Å². The van der Waals surface area contributed by atoms with Crippen LogP contribution >= 0.6 is 0 Å². The van der Waals surface area contributed by atoms with Gasteiger partial charge in [0.2, 0.25) is 0 Å². The molecule has 1 aromatic carbocycles. The van der Waals surface area contributed by atoms with E-state index in [0.29, 0.717) is 6.42 Å². The van der Waals surface area contributed by atoms with E-state index >= 15 is 0 Å². The van der Waals surface area contributed by atoms with Crippen LogP contribution in [0.4, 0.5) is 0 Å². The van der Waals surface area contributed by atoms with Crippen LogP contribution < -0.4 is 0 Å². The monoisotopic (exact) mass is 204 g/mol. The molecule has 0 amide bonds. The molecule has 78 valence electrons. The van der Waals surface area contributed by atoms with Crippen molar-refractivity contribution in [3.8, 4) is 0 Å². The van der Waals surface area contributed by atoms with Gasteiger partial charge in [-0.2, -0.15) is 10.2 Å². The van der Waals surface area contributed by atoms with Crippen LogP contribution in [0.15, 0.2) is 40.6 Å². The van der Waals surface area contributed by atoms with Crippen LogP contribution in [-0.2, 0) is 4.79 Å². The van der Waals surface area contributed by atoms with E-state index in [0.717, 1.165) is 5.56 Å². The highest BCUT2D eigenvalue weighted by molar-refractivity contribution is 5.76. The van der Waals surface area contributed by atoms with Crippen LogP contribution in [-0.4, -0.2) is 16.7 Å². The minimum Gasteiger partial charge on any atom is -0.481 e. The van der Waals surface area contributed by atoms with Gasteiger partial charge in [0.05, 0.1) is 5.92 Å². The maximum atomic E-state index is 11.1. The van der Waals surface area contributed by atoms with Crippen molar-refractivity contribution in [2.45, 2.75) is 24.9 Å². The van der Waals surface area contributed by atoms with Crippen molar-refractivity contribution in [3.05, 3.63) is 35.9 Å². The third kappa shape index (κ3) is 2.21. The van der Waals surface area contributed by atoms with Gasteiger partial charge in [0.1, 0.15) is 0 Å². The summed E-state index contributed by atoms with van der Waals surface area (Å²) in [6.07, 6.45) is 0.437. The number of carboxylic acid groups (broad SMARTS) is 1. The van der Waals surface area contributed by atoms with Gasteiger partial charge in [-0.25, -0.2) is 0 Å². The number of carboxylic acids is 1. The van der Waals surface area contributed by atoms with Crippen molar-refractivity contribution in [3.63, 3.8) is 0 Å². The second-order valence-electron chi connectivity index (χ2n) is 3.92. The van der Waals surface area contributed by atoms with Crippen LogP contribution in [0, 0.1) is 0 Å². The number of nitrogens with zero attached hydrogens (tertiary/aromatic N) is 2. The Morgan fingerprint density at radius 2 is 2.00 bits per heavy atom. The average molecular weight is 204 g/mol. The van der Waals surface area contributed by atoms with Gasteiger partial charge in [-0.15, -0.1) is 0 Å². The fourth-order valence-electron chi connectivity index (χ4n) is 1.59. The highest BCUT2D eigenvalue weighted by Crippen LogP contribution is 2.37. The van der Waals surface area contributed by atoms with Crippen molar-refractivity contribution in [2.75, 3.05) is 0 Å². The third-order valence-electron chi connectivity index (χ3n) is 2.53. The molecule has 0 saturated heterocycles. The molecule has 4 nitrogen and oxygen atoms in total. The molecule has 0 radical (unpaired) electrons. The standard InChI is InChI=1S/C11H12N2O2/c1-11(12-13-11)7-9(10(14)15)8-5-3-2-4-6-8/h2-6,9H,7H2,1H3,(H,14,15). The summed E-state index contributed by atoms with van der Waals surface area (Å²) in [6, 6.07) is 9.20. The molecule has 0 saturated carbocycles. The Hall–Kier alpha value is -1.71. The molecule has 2 rings (SSSR count). The Balaban J connectivity index is 2.17. The summed E-state index contributed by atoms with van der Waals surface area (Å²) in [5.74, 6) is -1.34. The summed E-state index contributed by atoms with van der Waals surface area (Å²) in [6.45, 7) is 1.84. The summed E-state index contributed by atoms with van der Waals surface area (Å²) in [7, 11) is 0. The third-order valence-corrected chi connectivity index (χ3v) is 2.53. The smallest absolute Gasteiger partial charge is 0.311 e. The topological polar surface area (TPSA) is 62.0 Å². The lowest BCUT2D eigenvalue weighted by Gasteiger charge is -2.13. The minimum absolute atomic E-state index is 0.437. The zero-order chi connectivity index (χ0) is 10.9. The maximum absolute atomic E-state index is 11.1. The Bertz CT molecular complexity index is 394. The molecule has 1 unspecified atom stereocenters. The van der Waals surface area contributed by atoms with E-state index in [2.05, 4.69) is 10.2 Å². The van der Waals surface area contributed by atoms with Gasteiger partial charge in [-0.3, -0.25) is 4.79 Å². The van der Waals surface area contributed by atoms with Crippen molar-refractivity contribution < 1.29 is 9.90 Å². The Morgan fingerprint density at radius 1 is 1.40 bits per heavy atom. The molecule has 4 heteroatoms. The Kier molecular flexibility index (Phi) is 2.26. The SMILES string of the molecule is CC1(CC(C(=O)O)c2ccccc2)N=N1. The predicted octanol–water partition coefficient (Wildman–Crippen LogP) is 2.43. The van der Waals surface area contributed by atoms with E-state index < -0.39 is 17.6 Å². The minimum atomic E-state index is -0.820. The van der Waals surface area contributed by atoms with Gasteiger partial charge in [0.15, 0.2) is 5.66 Å². The second kappa shape index (κ2) is 3.46. The Morgan fingerprint density at radius 3 is 2.47 bits per heavy atom. The van der Waals surface area contributed by atoms with E-state index in [9.17, 15) is 4.79 Å². The van der Waals surface area contributed by atoms with Gasteiger partial charge in [-0.05, 0) is 12.5 Å². The van der Waals surface area contributed by atoms with Crippen molar-refractivity contribution in [1.29, 1.82) is 0 Å². The quantitative estimate of drug-likeness (QED) is 0.818. The molecule has 1 aromatic rings. The van der Waals surface area contributed by atoms with Gasteiger partial charge in [-0.1, -0.05) is 30.3 Å². The molecular formula is C11H12N2O2. The molecule has 0 aliphatic carbocycles. The van der Waals surface area contributed by atoms with E-state index in [1.807, 2.05) is 37.3 Å². The lowest BCUT2D eigenvalue weighted by Crippen LogP contribution is -2.19. The van der Waals surface area contributed by atoms with E-state index in [1.165, 1.54) is 0 Å². The highest BCUT2D eigenvalue weighted by atomic mass is 16.4. The summed E-state index contributed by atoms with van der Waals surface area (Å²) in [4.78, 5) is 11.1. The first-order chi connectivity index (χ1) is 7.11. The lowest BCUT2D eigenvalue weighted by molar-refractivity contribution is -0.139. The zero-order valence-corrected chi connectivity index (χ0v) is 8.42. The maximum Gasteiger partial charge on any atom is 0.311 e. The van der Waals surface area contributed by atoms with Crippen LogP contribution in [0.3, 0.4) is 0 Å². The van der Waals surface area contributed by atoms with Crippen LogP contribution in [0.2, 0.25) is 0 Å². The number of hydrogen-bond acceptors (Lipinski definition) is 3. The van der Waals surface area contributed by atoms with Gasteiger partial charge < -0.3 is 5.11 Å². The highest BCUT2D eigenvalue weighted by Gasteiger charge is 2.39. The molecule has 1 N–H and O–H groups in total.